The smallest absolute Gasteiger partial charge is 0.135 e. The van der Waals surface area contributed by atoms with Crippen molar-refractivity contribution in [1.82, 2.24) is 34.9 Å². The lowest BCUT2D eigenvalue weighted by Crippen LogP contribution is -2.19. The fraction of sp³-hybridized carbons (Fsp3) is 0.219. The third-order valence-electron chi connectivity index (χ3n) is 6.91. The summed E-state index contributed by atoms with van der Waals surface area (Å²) in [5.41, 5.74) is 8.60. The van der Waals surface area contributed by atoms with Crippen molar-refractivity contribution in [1.29, 1.82) is 0 Å². The molecule has 0 saturated heterocycles. The maximum absolute atomic E-state index is 14.6. The molecule has 0 fully saturated rings. The molecule has 4 heterocycles. The molecular weight excluding hydrogens is 517 g/mol. The number of hydrogen-bond acceptors (Lipinski definition) is 6. The van der Waals surface area contributed by atoms with Crippen LogP contribution in [0.1, 0.15) is 5.56 Å². The number of benzene rings is 2. The number of aromatic amines is 2. The molecule has 0 unspecified atom stereocenters. The van der Waals surface area contributed by atoms with E-state index in [0.29, 0.717) is 18.1 Å². The summed E-state index contributed by atoms with van der Waals surface area (Å²) in [5.74, 6) is 0.169. The monoisotopic (exact) mass is 549 g/mol. The van der Waals surface area contributed by atoms with Gasteiger partial charge in [-0.3, -0.25) is 10.1 Å². The van der Waals surface area contributed by atoms with Crippen molar-refractivity contribution < 1.29 is 9.13 Å². The maximum Gasteiger partial charge on any atom is 0.135 e. The molecular formula is C32H32FN7O. The quantitative estimate of drug-likeness (QED) is 0.231. The van der Waals surface area contributed by atoms with Gasteiger partial charge >= 0.3 is 0 Å². The van der Waals surface area contributed by atoms with E-state index in [1.165, 1.54) is 12.1 Å². The van der Waals surface area contributed by atoms with Gasteiger partial charge in [0.05, 0.1) is 16.9 Å². The minimum absolute atomic E-state index is 0.339. The Morgan fingerprint density at radius 1 is 0.878 bits per heavy atom. The predicted molar refractivity (Wildman–Crippen MR) is 161 cm³/mol. The number of nitrogens with one attached hydrogen (secondary N) is 2. The largest absolute Gasteiger partial charge is 0.492 e. The molecule has 6 rings (SSSR count). The van der Waals surface area contributed by atoms with Crippen LogP contribution in [-0.2, 0) is 6.54 Å². The molecule has 41 heavy (non-hydrogen) atoms. The second-order valence-corrected chi connectivity index (χ2v) is 10.8. The lowest BCUT2D eigenvalue weighted by molar-refractivity contribution is 0.260. The van der Waals surface area contributed by atoms with Crippen LogP contribution in [-0.4, -0.2) is 76.3 Å². The number of hydrogen-bond donors (Lipinski definition) is 2. The van der Waals surface area contributed by atoms with Gasteiger partial charge in [0.2, 0.25) is 0 Å². The molecule has 8 nitrogen and oxygen atoms in total. The number of nitrogens with zero attached hydrogens (tertiary/aromatic N) is 5. The third kappa shape index (κ3) is 5.68. The second kappa shape index (κ2) is 11.1. The molecule has 0 aliphatic carbocycles. The Labute approximate surface area is 237 Å². The zero-order valence-corrected chi connectivity index (χ0v) is 23.6. The summed E-state index contributed by atoms with van der Waals surface area (Å²) in [4.78, 5) is 17.0. The normalized spacial score (nSPS) is 11.8. The molecule has 9 heteroatoms. The summed E-state index contributed by atoms with van der Waals surface area (Å²) in [6.45, 7) is 2.02. The summed E-state index contributed by atoms with van der Waals surface area (Å²) in [6, 6.07) is 18.9. The van der Waals surface area contributed by atoms with Crippen LogP contribution >= 0.6 is 0 Å². The Hall–Kier alpha value is -4.60. The van der Waals surface area contributed by atoms with Crippen molar-refractivity contribution >= 4 is 21.9 Å². The van der Waals surface area contributed by atoms with Gasteiger partial charge in [0.15, 0.2) is 0 Å². The van der Waals surface area contributed by atoms with Gasteiger partial charge in [-0.15, -0.1) is 0 Å². The van der Waals surface area contributed by atoms with Crippen LogP contribution in [0.3, 0.4) is 0 Å². The van der Waals surface area contributed by atoms with Crippen LogP contribution in [0.4, 0.5) is 4.39 Å². The van der Waals surface area contributed by atoms with Gasteiger partial charge in [-0.1, -0.05) is 12.1 Å². The maximum atomic E-state index is 14.6. The lowest BCUT2D eigenvalue weighted by Gasteiger charge is -2.12. The van der Waals surface area contributed by atoms with Gasteiger partial charge < -0.3 is 19.5 Å². The van der Waals surface area contributed by atoms with Crippen LogP contribution in [0.5, 0.6) is 5.75 Å². The lowest BCUT2D eigenvalue weighted by atomic mass is 10.0. The van der Waals surface area contributed by atoms with Crippen molar-refractivity contribution in [3.05, 3.63) is 84.4 Å². The summed E-state index contributed by atoms with van der Waals surface area (Å²) >= 11 is 0. The van der Waals surface area contributed by atoms with Crippen molar-refractivity contribution in [2.45, 2.75) is 6.54 Å². The topological polar surface area (TPSA) is 86.0 Å². The van der Waals surface area contributed by atoms with Gasteiger partial charge in [-0.25, -0.2) is 9.37 Å². The average Bonchev–Trinajstić information content (AvgIpc) is 3.56. The third-order valence-corrected chi connectivity index (χ3v) is 6.91. The zero-order chi connectivity index (χ0) is 28.5. The van der Waals surface area contributed by atoms with Gasteiger partial charge in [0.1, 0.15) is 29.4 Å². The van der Waals surface area contributed by atoms with Crippen molar-refractivity contribution in [2.24, 2.45) is 0 Å². The minimum Gasteiger partial charge on any atom is -0.492 e. The van der Waals surface area contributed by atoms with E-state index in [1.54, 1.807) is 0 Å². The highest BCUT2D eigenvalue weighted by Gasteiger charge is 2.16. The molecule has 0 aliphatic rings. The van der Waals surface area contributed by atoms with E-state index in [4.69, 9.17) is 9.72 Å². The van der Waals surface area contributed by atoms with Crippen molar-refractivity contribution in [2.75, 3.05) is 41.3 Å². The van der Waals surface area contributed by atoms with Crippen molar-refractivity contribution in [3.63, 3.8) is 0 Å². The Bertz CT molecular complexity index is 1840. The minimum atomic E-state index is -0.339. The number of likely N-dealkylation sites (N-methyl/N-ethyl adjacent to an activating group) is 1. The molecule has 0 bridgehead atoms. The second-order valence-electron chi connectivity index (χ2n) is 10.8. The van der Waals surface area contributed by atoms with Crippen LogP contribution in [0.2, 0.25) is 0 Å². The summed E-state index contributed by atoms with van der Waals surface area (Å²) in [6.07, 6.45) is 3.71. The molecule has 0 saturated carbocycles. The number of ether oxygens (including phenoxy) is 1. The number of rotatable bonds is 9. The van der Waals surface area contributed by atoms with Crippen LogP contribution in [0, 0.1) is 5.82 Å². The Morgan fingerprint density at radius 2 is 1.76 bits per heavy atom. The van der Waals surface area contributed by atoms with Gasteiger partial charge in [-0.2, -0.15) is 5.10 Å². The molecule has 0 spiro atoms. The molecule has 0 radical (unpaired) electrons. The molecule has 0 aliphatic heterocycles. The average molecular weight is 550 g/mol. The molecule has 208 valence electrons. The summed E-state index contributed by atoms with van der Waals surface area (Å²) in [5, 5.41) is 8.68. The van der Waals surface area contributed by atoms with E-state index in [9.17, 15) is 4.39 Å². The van der Waals surface area contributed by atoms with E-state index >= 15 is 0 Å². The van der Waals surface area contributed by atoms with E-state index in [0.717, 1.165) is 68.7 Å². The number of H-pyrrole nitrogens is 2. The number of pyridine rings is 2. The summed E-state index contributed by atoms with van der Waals surface area (Å²) in [7, 11) is 8.02. The van der Waals surface area contributed by atoms with E-state index in [1.807, 2.05) is 87.9 Å². The molecule has 4 aromatic heterocycles. The number of aromatic nitrogens is 5. The fourth-order valence-electron chi connectivity index (χ4n) is 5.01. The first-order chi connectivity index (χ1) is 19.8. The summed E-state index contributed by atoms with van der Waals surface area (Å²) < 4.78 is 20.5. The van der Waals surface area contributed by atoms with Crippen LogP contribution in [0.15, 0.2) is 73.1 Å². The van der Waals surface area contributed by atoms with E-state index in [2.05, 4.69) is 31.1 Å². The standard InChI is InChI=1S/C32H32FN7O/c1-39(2)10-11-41-24-14-21(13-23(33)15-24)25-6-5-7-28-26(25)16-30(35-28)32-31-29(37-38-32)9-8-27(36-31)22-12-20(17-34-18-22)19-40(3)4/h5-9,12-18,35H,10-11,19H2,1-4H3,(H,37,38). The van der Waals surface area contributed by atoms with Crippen LogP contribution in [0.25, 0.3) is 55.7 Å². The first-order valence-corrected chi connectivity index (χ1v) is 13.5. The molecule has 2 aromatic carbocycles. The molecule has 0 atom stereocenters. The Kier molecular flexibility index (Phi) is 7.21. The highest BCUT2D eigenvalue weighted by molar-refractivity contribution is 6.00. The zero-order valence-electron chi connectivity index (χ0n) is 23.6. The van der Waals surface area contributed by atoms with E-state index in [-0.39, 0.29) is 5.82 Å². The van der Waals surface area contributed by atoms with Gasteiger partial charge in [-0.05, 0) is 87.3 Å². The first-order valence-electron chi connectivity index (χ1n) is 13.5. The Balaban J connectivity index is 1.37. The van der Waals surface area contributed by atoms with Gasteiger partial charge in [0, 0.05) is 48.0 Å². The molecule has 0 amide bonds. The van der Waals surface area contributed by atoms with E-state index < -0.39 is 0 Å². The predicted octanol–water partition coefficient (Wildman–Crippen LogP) is 5.98. The highest BCUT2D eigenvalue weighted by Crippen LogP contribution is 2.35. The highest BCUT2D eigenvalue weighted by atomic mass is 19.1. The first kappa shape index (κ1) is 26.6. The van der Waals surface area contributed by atoms with Gasteiger partial charge in [0.25, 0.3) is 0 Å². The molecule has 2 N–H and O–H groups in total. The molecule has 6 aromatic rings. The number of halogens is 1. The number of fused-ring (bicyclic) bond motifs is 2. The van der Waals surface area contributed by atoms with Crippen molar-refractivity contribution in [3.8, 4) is 39.5 Å². The Morgan fingerprint density at radius 3 is 2.59 bits per heavy atom. The fourth-order valence-corrected chi connectivity index (χ4v) is 5.01. The SMILES string of the molecule is CN(C)CCOc1cc(F)cc(-c2cccc3[nH]c(-c4n[nH]c5ccc(-c6cncc(CN(C)C)c6)nc45)cc23)c1. The van der Waals surface area contributed by atoms with Crippen LogP contribution < -0.4 is 4.74 Å².